The van der Waals surface area contributed by atoms with Crippen LogP contribution in [0.3, 0.4) is 0 Å². The Hall–Kier alpha value is -1.99. The zero-order valence-corrected chi connectivity index (χ0v) is 11.5. The Kier molecular flexibility index (Phi) is 3.85. The highest BCUT2D eigenvalue weighted by Crippen LogP contribution is 2.34. The number of aliphatic hydroxyl groups is 2. The second-order valence-electron chi connectivity index (χ2n) is 5.24. The summed E-state index contributed by atoms with van der Waals surface area (Å²) in [5, 5.41) is 21.7. The van der Waals surface area contributed by atoms with Gasteiger partial charge in [-0.05, 0) is 18.6 Å². The highest BCUT2D eigenvalue weighted by Gasteiger charge is 2.29. The molecule has 2 atom stereocenters. The molecule has 114 valence electrons. The van der Waals surface area contributed by atoms with Crippen molar-refractivity contribution in [1.82, 2.24) is 4.90 Å². The predicted octanol–water partition coefficient (Wildman–Crippen LogP) is 0.622. The number of fused-ring (bicyclic) bond motifs is 1. The average Bonchev–Trinajstić information content (AvgIpc) is 2.94. The summed E-state index contributed by atoms with van der Waals surface area (Å²) in [6.45, 7) is 0.868. The quantitative estimate of drug-likeness (QED) is 0.744. The van der Waals surface area contributed by atoms with Crippen molar-refractivity contribution in [2.75, 3.05) is 31.8 Å². The van der Waals surface area contributed by atoms with Crippen molar-refractivity contribution in [2.45, 2.75) is 12.5 Å². The van der Waals surface area contributed by atoms with E-state index in [1.165, 1.54) is 0 Å². The number of rotatable bonds is 2. The summed E-state index contributed by atoms with van der Waals surface area (Å²) in [5.41, 5.74) is 0.614. The molecule has 0 aliphatic carbocycles. The molecule has 21 heavy (non-hydrogen) atoms. The Morgan fingerprint density at radius 3 is 2.95 bits per heavy atom. The largest absolute Gasteiger partial charge is 0.454 e. The number of anilines is 1. The van der Waals surface area contributed by atoms with Crippen molar-refractivity contribution < 1.29 is 24.5 Å². The van der Waals surface area contributed by atoms with Crippen LogP contribution in [0.15, 0.2) is 18.2 Å². The van der Waals surface area contributed by atoms with E-state index in [-0.39, 0.29) is 31.9 Å². The second-order valence-corrected chi connectivity index (χ2v) is 5.24. The number of aliphatic hydroxyl groups excluding tert-OH is 2. The van der Waals surface area contributed by atoms with E-state index in [0.29, 0.717) is 30.2 Å². The third-order valence-electron chi connectivity index (χ3n) is 3.87. The molecule has 1 saturated heterocycles. The lowest BCUT2D eigenvalue weighted by atomic mass is 9.95. The van der Waals surface area contributed by atoms with E-state index in [4.69, 9.17) is 14.6 Å². The molecule has 2 aliphatic rings. The molecule has 7 heteroatoms. The fourth-order valence-corrected chi connectivity index (χ4v) is 2.55. The molecule has 0 aromatic heterocycles. The highest BCUT2D eigenvalue weighted by molar-refractivity contribution is 5.89. The zero-order chi connectivity index (χ0) is 14.8. The van der Waals surface area contributed by atoms with Crippen LogP contribution in [0.1, 0.15) is 6.42 Å². The smallest absolute Gasteiger partial charge is 0.321 e. The standard InChI is InChI=1S/C14H18N2O5/c17-7-9-3-4-16(6-11(9)18)14(19)15-10-1-2-12-13(5-10)21-8-20-12/h1-2,5,9,11,17-18H,3-4,6-8H2,(H,15,19)/t9-,11+/m0/s1. The van der Waals surface area contributed by atoms with Gasteiger partial charge in [-0.15, -0.1) is 0 Å². The van der Waals surface area contributed by atoms with Gasteiger partial charge in [-0.3, -0.25) is 0 Å². The van der Waals surface area contributed by atoms with Crippen LogP contribution in [0, 0.1) is 5.92 Å². The van der Waals surface area contributed by atoms with Gasteiger partial charge in [-0.25, -0.2) is 4.79 Å². The Balaban J connectivity index is 1.61. The molecule has 0 bridgehead atoms. The fourth-order valence-electron chi connectivity index (χ4n) is 2.55. The summed E-state index contributed by atoms with van der Waals surface area (Å²) in [6, 6.07) is 4.91. The van der Waals surface area contributed by atoms with Gasteiger partial charge in [0.05, 0.1) is 6.10 Å². The van der Waals surface area contributed by atoms with Crippen molar-refractivity contribution in [3.63, 3.8) is 0 Å². The Morgan fingerprint density at radius 2 is 2.19 bits per heavy atom. The van der Waals surface area contributed by atoms with Crippen molar-refractivity contribution >= 4 is 11.7 Å². The molecule has 3 rings (SSSR count). The summed E-state index contributed by atoms with van der Waals surface area (Å²) in [5.74, 6) is 1.11. The minimum atomic E-state index is -0.689. The fraction of sp³-hybridized carbons (Fsp3) is 0.500. The number of hydrogen-bond donors (Lipinski definition) is 3. The normalized spacial score (nSPS) is 24.0. The molecule has 1 fully saturated rings. The minimum absolute atomic E-state index is 0.0568. The third-order valence-corrected chi connectivity index (χ3v) is 3.87. The Bertz CT molecular complexity index is 536. The van der Waals surface area contributed by atoms with Crippen LogP contribution in [0.4, 0.5) is 10.5 Å². The third kappa shape index (κ3) is 2.88. The van der Waals surface area contributed by atoms with E-state index in [9.17, 15) is 9.90 Å². The van der Waals surface area contributed by atoms with Crippen LogP contribution in [-0.4, -0.2) is 53.7 Å². The van der Waals surface area contributed by atoms with Gasteiger partial charge in [-0.2, -0.15) is 0 Å². The number of piperidine rings is 1. The summed E-state index contributed by atoms with van der Waals surface area (Å²) in [7, 11) is 0. The van der Waals surface area contributed by atoms with Crippen LogP contribution >= 0.6 is 0 Å². The number of nitrogens with one attached hydrogen (secondary N) is 1. The van der Waals surface area contributed by atoms with Crippen molar-refractivity contribution in [1.29, 1.82) is 0 Å². The van der Waals surface area contributed by atoms with E-state index < -0.39 is 6.10 Å². The topological polar surface area (TPSA) is 91.3 Å². The number of carbonyl (C=O) groups is 1. The second kappa shape index (κ2) is 5.79. The molecule has 2 amide bonds. The average molecular weight is 294 g/mol. The molecule has 0 saturated carbocycles. The summed E-state index contributed by atoms with van der Waals surface area (Å²) < 4.78 is 10.5. The number of likely N-dealkylation sites (tertiary alicyclic amines) is 1. The highest BCUT2D eigenvalue weighted by atomic mass is 16.7. The Morgan fingerprint density at radius 1 is 1.38 bits per heavy atom. The first-order chi connectivity index (χ1) is 10.2. The lowest BCUT2D eigenvalue weighted by Crippen LogP contribution is -2.49. The summed E-state index contributed by atoms with van der Waals surface area (Å²) in [6.07, 6.45) is -0.0991. The molecule has 0 unspecified atom stereocenters. The lowest BCUT2D eigenvalue weighted by Gasteiger charge is -2.35. The van der Waals surface area contributed by atoms with Crippen LogP contribution in [-0.2, 0) is 0 Å². The van der Waals surface area contributed by atoms with Gasteiger partial charge in [0.1, 0.15) is 0 Å². The first-order valence-electron chi connectivity index (χ1n) is 6.92. The molecule has 1 aromatic carbocycles. The van der Waals surface area contributed by atoms with Crippen LogP contribution in [0.25, 0.3) is 0 Å². The molecule has 3 N–H and O–H groups in total. The molecular weight excluding hydrogens is 276 g/mol. The number of benzene rings is 1. The first kappa shape index (κ1) is 14.0. The minimum Gasteiger partial charge on any atom is -0.454 e. The molecule has 2 aliphatic heterocycles. The van der Waals surface area contributed by atoms with Crippen LogP contribution < -0.4 is 14.8 Å². The number of urea groups is 1. The van der Waals surface area contributed by atoms with Crippen molar-refractivity contribution in [3.05, 3.63) is 18.2 Å². The van der Waals surface area contributed by atoms with Gasteiger partial charge in [0, 0.05) is 37.4 Å². The number of hydrogen-bond acceptors (Lipinski definition) is 5. The van der Waals surface area contributed by atoms with E-state index in [1.807, 2.05) is 0 Å². The number of nitrogens with zero attached hydrogens (tertiary/aromatic N) is 1. The van der Waals surface area contributed by atoms with Crippen LogP contribution in [0.2, 0.25) is 0 Å². The van der Waals surface area contributed by atoms with E-state index >= 15 is 0 Å². The maximum atomic E-state index is 12.2. The molecular formula is C14H18N2O5. The molecule has 7 nitrogen and oxygen atoms in total. The lowest BCUT2D eigenvalue weighted by molar-refractivity contribution is 0.0123. The van der Waals surface area contributed by atoms with Gasteiger partial charge < -0.3 is 29.9 Å². The zero-order valence-electron chi connectivity index (χ0n) is 11.5. The van der Waals surface area contributed by atoms with E-state index in [0.717, 1.165) is 0 Å². The van der Waals surface area contributed by atoms with Crippen molar-refractivity contribution in [2.24, 2.45) is 5.92 Å². The van der Waals surface area contributed by atoms with Crippen LogP contribution in [0.5, 0.6) is 11.5 Å². The van der Waals surface area contributed by atoms with Gasteiger partial charge in [0.2, 0.25) is 6.79 Å². The molecule has 0 spiro atoms. The van der Waals surface area contributed by atoms with Crippen molar-refractivity contribution in [3.8, 4) is 11.5 Å². The van der Waals surface area contributed by atoms with Gasteiger partial charge in [0.25, 0.3) is 0 Å². The Labute approximate surface area is 122 Å². The first-order valence-corrected chi connectivity index (χ1v) is 6.92. The summed E-state index contributed by atoms with van der Waals surface area (Å²) in [4.78, 5) is 13.7. The number of carbonyl (C=O) groups excluding carboxylic acids is 1. The predicted molar refractivity (Wildman–Crippen MR) is 74.4 cm³/mol. The monoisotopic (exact) mass is 294 g/mol. The van der Waals surface area contributed by atoms with E-state index in [1.54, 1.807) is 23.1 Å². The molecule has 1 aromatic rings. The SMILES string of the molecule is O=C(Nc1ccc2c(c1)OCO2)N1CC[C@@H](CO)[C@H](O)C1. The number of amides is 2. The molecule has 2 heterocycles. The van der Waals surface area contributed by atoms with Gasteiger partial charge >= 0.3 is 6.03 Å². The number of β-amino-alcohol motifs (C(OH)–C–C–N with tert-alkyl or cyclic N) is 1. The number of ether oxygens (including phenoxy) is 2. The van der Waals surface area contributed by atoms with Gasteiger partial charge in [-0.1, -0.05) is 0 Å². The van der Waals surface area contributed by atoms with Gasteiger partial charge in [0.15, 0.2) is 11.5 Å². The molecule has 0 radical (unpaired) electrons. The summed E-state index contributed by atoms with van der Waals surface area (Å²) >= 11 is 0. The van der Waals surface area contributed by atoms with E-state index in [2.05, 4.69) is 5.32 Å². The maximum absolute atomic E-state index is 12.2. The maximum Gasteiger partial charge on any atom is 0.321 e.